The molecule has 1 fully saturated rings. The van der Waals surface area contributed by atoms with Gasteiger partial charge in [-0.25, -0.2) is 4.98 Å². The van der Waals surface area contributed by atoms with Crippen LogP contribution in [0.1, 0.15) is 63.1 Å². The van der Waals surface area contributed by atoms with Crippen molar-refractivity contribution >= 4 is 44.1 Å². The zero-order valence-electron chi connectivity index (χ0n) is 24.7. The van der Waals surface area contributed by atoms with Gasteiger partial charge in [-0.3, -0.25) is 14.5 Å². The number of aliphatic hydroxyl groups excluding tert-OH is 1. The number of carbonyl (C=O) groups excluding carboxylic acids is 2. The molecule has 43 heavy (non-hydrogen) atoms. The number of carbonyl (C=O) groups is 2. The highest BCUT2D eigenvalue weighted by Gasteiger charge is 2.48. The summed E-state index contributed by atoms with van der Waals surface area (Å²) in [4.78, 5) is 33.4. The molecule has 0 spiro atoms. The van der Waals surface area contributed by atoms with Crippen LogP contribution in [-0.4, -0.2) is 42.1 Å². The van der Waals surface area contributed by atoms with E-state index in [2.05, 4.69) is 13.8 Å². The van der Waals surface area contributed by atoms with Crippen LogP contribution in [0, 0.1) is 0 Å². The van der Waals surface area contributed by atoms with E-state index in [1.807, 2.05) is 36.4 Å². The normalized spacial score (nSPS) is 16.2. The predicted molar refractivity (Wildman–Crippen MR) is 169 cm³/mol. The van der Waals surface area contributed by atoms with Gasteiger partial charge in [0.25, 0.3) is 5.78 Å². The molecule has 5 rings (SSSR count). The Bertz CT molecular complexity index is 1630. The molecule has 9 heteroatoms. The van der Waals surface area contributed by atoms with Crippen LogP contribution in [-0.2, 0) is 9.59 Å². The Hall–Kier alpha value is -4.37. The summed E-state index contributed by atoms with van der Waals surface area (Å²) in [5.74, 6) is 0.129. The van der Waals surface area contributed by atoms with Gasteiger partial charge in [-0.1, -0.05) is 68.7 Å². The lowest BCUT2D eigenvalue weighted by Gasteiger charge is -2.23. The molecule has 2 heterocycles. The molecule has 8 nitrogen and oxygen atoms in total. The molecule has 0 radical (unpaired) electrons. The maximum atomic E-state index is 13.7. The highest BCUT2D eigenvalue weighted by molar-refractivity contribution is 7.22. The van der Waals surface area contributed by atoms with Crippen molar-refractivity contribution in [1.29, 1.82) is 0 Å². The molecule has 1 aliphatic heterocycles. The summed E-state index contributed by atoms with van der Waals surface area (Å²) in [6.45, 7) is 5.37. The largest absolute Gasteiger partial charge is 0.507 e. The minimum Gasteiger partial charge on any atom is -0.507 e. The molecule has 1 saturated heterocycles. The maximum absolute atomic E-state index is 13.7. The first-order valence-electron chi connectivity index (χ1n) is 14.7. The highest BCUT2D eigenvalue weighted by atomic mass is 32.1. The number of ether oxygens (including phenoxy) is 3. The Morgan fingerprint density at radius 2 is 1.60 bits per heavy atom. The average molecular weight is 601 g/mol. The van der Waals surface area contributed by atoms with E-state index in [9.17, 15) is 14.7 Å². The fourth-order valence-corrected chi connectivity index (χ4v) is 6.00. The van der Waals surface area contributed by atoms with Crippen LogP contribution in [0.25, 0.3) is 16.0 Å². The van der Waals surface area contributed by atoms with Gasteiger partial charge < -0.3 is 19.3 Å². The number of aliphatic hydroxyl groups is 1. The van der Waals surface area contributed by atoms with Crippen LogP contribution >= 0.6 is 11.3 Å². The number of benzene rings is 3. The van der Waals surface area contributed by atoms with E-state index in [0.717, 1.165) is 36.8 Å². The SMILES string of the molecule is CCCCCOc1ccc(C2C(=C(O)c3cccc(OCCCC)c3)C(=O)C(=O)N2c2nc3ccc(OC)cc3s2)cc1. The van der Waals surface area contributed by atoms with Crippen molar-refractivity contribution in [2.75, 3.05) is 25.2 Å². The van der Waals surface area contributed by atoms with Gasteiger partial charge >= 0.3 is 5.91 Å². The first-order chi connectivity index (χ1) is 20.9. The van der Waals surface area contributed by atoms with Gasteiger partial charge in [-0.05, 0) is 60.9 Å². The second kappa shape index (κ2) is 13.7. The second-order valence-corrected chi connectivity index (χ2v) is 11.4. The number of rotatable bonds is 13. The number of fused-ring (bicyclic) bond motifs is 1. The van der Waals surface area contributed by atoms with Crippen LogP contribution in [0.3, 0.4) is 0 Å². The predicted octanol–water partition coefficient (Wildman–Crippen LogP) is 7.68. The molecular formula is C34H36N2O6S. The van der Waals surface area contributed by atoms with Crippen molar-refractivity contribution < 1.29 is 28.9 Å². The molecule has 3 aromatic carbocycles. The Morgan fingerprint density at radius 1 is 0.884 bits per heavy atom. The Balaban J connectivity index is 1.57. The lowest BCUT2D eigenvalue weighted by Crippen LogP contribution is -2.29. The van der Waals surface area contributed by atoms with Crippen molar-refractivity contribution in [3.63, 3.8) is 0 Å². The van der Waals surface area contributed by atoms with Crippen LogP contribution in [0.15, 0.2) is 72.3 Å². The third-order valence-electron chi connectivity index (χ3n) is 7.32. The molecule has 0 aliphatic carbocycles. The first-order valence-corrected chi connectivity index (χ1v) is 15.5. The van der Waals surface area contributed by atoms with E-state index < -0.39 is 17.7 Å². The number of unbranched alkanes of at least 4 members (excludes halogenated alkanes) is 3. The molecule has 1 atom stereocenters. The van der Waals surface area contributed by atoms with Gasteiger partial charge in [0.05, 0.1) is 42.2 Å². The number of anilines is 1. The zero-order chi connectivity index (χ0) is 30.3. The number of hydrogen-bond donors (Lipinski definition) is 1. The van der Waals surface area contributed by atoms with E-state index in [0.29, 0.717) is 52.2 Å². The van der Waals surface area contributed by atoms with Gasteiger partial charge in [-0.15, -0.1) is 0 Å². The maximum Gasteiger partial charge on any atom is 0.301 e. The molecule has 0 saturated carbocycles. The lowest BCUT2D eigenvalue weighted by atomic mass is 9.95. The monoisotopic (exact) mass is 600 g/mol. The summed E-state index contributed by atoms with van der Waals surface area (Å²) in [5, 5.41) is 11.9. The van der Waals surface area contributed by atoms with Crippen molar-refractivity contribution in [2.45, 2.75) is 52.0 Å². The Kier molecular flexibility index (Phi) is 9.61. The lowest BCUT2D eigenvalue weighted by molar-refractivity contribution is -0.132. The molecule has 1 amide bonds. The fourth-order valence-electron chi connectivity index (χ4n) is 4.98. The molecule has 1 aliphatic rings. The van der Waals surface area contributed by atoms with E-state index in [1.165, 1.54) is 16.2 Å². The van der Waals surface area contributed by atoms with Crippen LogP contribution in [0.5, 0.6) is 17.2 Å². The van der Waals surface area contributed by atoms with Crippen molar-refractivity contribution in [1.82, 2.24) is 4.98 Å². The van der Waals surface area contributed by atoms with Crippen LogP contribution in [0.2, 0.25) is 0 Å². The second-order valence-electron chi connectivity index (χ2n) is 10.4. The summed E-state index contributed by atoms with van der Waals surface area (Å²) in [6.07, 6.45) is 5.04. The van der Waals surface area contributed by atoms with Crippen molar-refractivity contribution in [3.8, 4) is 17.2 Å². The van der Waals surface area contributed by atoms with Gasteiger partial charge in [0, 0.05) is 5.56 Å². The number of Topliss-reactive ketones (excluding diaryl/α,β-unsaturated/α-hetero) is 1. The van der Waals surface area contributed by atoms with Crippen LogP contribution in [0.4, 0.5) is 5.13 Å². The van der Waals surface area contributed by atoms with E-state index in [1.54, 1.807) is 37.4 Å². The summed E-state index contributed by atoms with van der Waals surface area (Å²) in [6, 6.07) is 18.8. The molecule has 1 aromatic heterocycles. The smallest absolute Gasteiger partial charge is 0.301 e. The van der Waals surface area contributed by atoms with E-state index in [-0.39, 0.29) is 11.3 Å². The Morgan fingerprint density at radius 3 is 2.35 bits per heavy atom. The molecule has 224 valence electrons. The average Bonchev–Trinajstić information content (AvgIpc) is 3.56. The van der Waals surface area contributed by atoms with Gasteiger partial charge in [0.15, 0.2) is 5.13 Å². The summed E-state index contributed by atoms with van der Waals surface area (Å²) in [7, 11) is 1.59. The van der Waals surface area contributed by atoms with Gasteiger partial charge in [-0.2, -0.15) is 0 Å². The fraction of sp³-hybridized carbons (Fsp3) is 0.324. The number of ketones is 1. The molecule has 0 bridgehead atoms. The summed E-state index contributed by atoms with van der Waals surface area (Å²) >= 11 is 1.28. The number of amides is 1. The number of thiazole rings is 1. The molecule has 4 aromatic rings. The first kappa shape index (κ1) is 30.1. The molecule has 1 N–H and O–H groups in total. The minimum atomic E-state index is -0.902. The van der Waals surface area contributed by atoms with E-state index in [4.69, 9.17) is 19.2 Å². The molecule has 1 unspecified atom stereocenters. The summed E-state index contributed by atoms with van der Waals surface area (Å²) < 4.78 is 17.9. The van der Waals surface area contributed by atoms with Gasteiger partial charge in [0.2, 0.25) is 0 Å². The number of methoxy groups -OCH3 is 1. The summed E-state index contributed by atoms with van der Waals surface area (Å²) in [5.41, 5.74) is 1.70. The highest BCUT2D eigenvalue weighted by Crippen LogP contribution is 2.45. The third kappa shape index (κ3) is 6.51. The third-order valence-corrected chi connectivity index (χ3v) is 8.34. The number of aromatic nitrogens is 1. The number of nitrogens with zero attached hydrogens (tertiary/aromatic N) is 2. The van der Waals surface area contributed by atoms with Crippen molar-refractivity contribution in [3.05, 3.63) is 83.4 Å². The molecular weight excluding hydrogens is 564 g/mol. The zero-order valence-corrected chi connectivity index (χ0v) is 25.5. The minimum absolute atomic E-state index is 0.0100. The van der Waals surface area contributed by atoms with E-state index >= 15 is 0 Å². The quantitative estimate of drug-likeness (QED) is 0.0727. The van der Waals surface area contributed by atoms with Crippen LogP contribution < -0.4 is 19.1 Å². The standard InChI is InChI=1S/C34H36N2O6S/c1-4-6-8-19-41-24-14-12-22(13-15-24)30-29(31(37)23-10-9-11-26(20-23)42-18-7-5-2)32(38)33(39)36(30)34-35-27-17-16-25(40-3)21-28(27)43-34/h9-17,20-21,30,37H,4-8,18-19H2,1-3H3. The Labute approximate surface area is 255 Å². The van der Waals surface area contributed by atoms with Crippen molar-refractivity contribution in [2.24, 2.45) is 0 Å². The number of hydrogen-bond acceptors (Lipinski definition) is 8. The topological polar surface area (TPSA) is 98.2 Å². The van der Waals surface area contributed by atoms with Gasteiger partial charge in [0.1, 0.15) is 23.0 Å².